The molecule has 0 spiro atoms. The molecule has 72 heavy (non-hydrogen) atoms. The molecular formula is C68H70BN3. The van der Waals surface area contributed by atoms with Crippen molar-refractivity contribution in [3.05, 3.63) is 198 Å². The molecule has 3 aliphatic heterocycles. The van der Waals surface area contributed by atoms with Gasteiger partial charge in [-0.3, -0.25) is 0 Å². The zero-order valence-electron chi connectivity index (χ0n) is 44.5. The normalized spacial score (nSPS) is 19.1. The number of anilines is 8. The average Bonchev–Trinajstić information content (AvgIpc) is 3.58. The molecule has 2 atom stereocenters. The molecule has 1 saturated carbocycles. The van der Waals surface area contributed by atoms with Gasteiger partial charge in [0.25, 0.3) is 6.71 Å². The predicted molar refractivity (Wildman–Crippen MR) is 310 cm³/mol. The first-order chi connectivity index (χ1) is 34.4. The molecule has 1 fully saturated rings. The van der Waals surface area contributed by atoms with Gasteiger partial charge in [0, 0.05) is 50.7 Å². The van der Waals surface area contributed by atoms with E-state index in [0.717, 1.165) is 6.42 Å². The Kier molecular flexibility index (Phi) is 10.5. The smallest absolute Gasteiger partial charge is 0.252 e. The molecule has 0 radical (unpaired) electrons. The molecule has 3 nitrogen and oxygen atoms in total. The van der Waals surface area contributed by atoms with Crippen molar-refractivity contribution >= 4 is 68.6 Å². The van der Waals surface area contributed by atoms with Gasteiger partial charge in [0.2, 0.25) is 0 Å². The zero-order valence-corrected chi connectivity index (χ0v) is 44.5. The quantitative estimate of drug-likeness (QED) is 0.159. The summed E-state index contributed by atoms with van der Waals surface area (Å²) in [5.41, 5.74) is 24.0. The molecule has 0 N–H and O–H groups in total. The largest absolute Gasteiger partial charge is 0.334 e. The van der Waals surface area contributed by atoms with E-state index in [2.05, 4.69) is 267 Å². The minimum absolute atomic E-state index is 0.00969. The van der Waals surface area contributed by atoms with Gasteiger partial charge < -0.3 is 14.7 Å². The summed E-state index contributed by atoms with van der Waals surface area (Å²) in [4.78, 5) is 8.14. The number of hydrogen-bond acceptors (Lipinski definition) is 3. The molecule has 4 aliphatic rings. The summed E-state index contributed by atoms with van der Waals surface area (Å²) < 4.78 is 0. The molecule has 0 amide bonds. The fourth-order valence-corrected chi connectivity index (χ4v) is 13.2. The van der Waals surface area contributed by atoms with Crippen LogP contribution in [0.4, 0.5) is 45.5 Å². The highest BCUT2D eigenvalue weighted by Crippen LogP contribution is 2.62. The second kappa shape index (κ2) is 16.4. The SMILES string of the molecule is CC(C)(C)c1ccc(N2c3ccccc3B3c4ccc(C(C)(C)C)cc4N(c4ccc(C(C)(C)C)cc4-c4ccccc4)c4cc(N5c6ccccc6C6(C)CCCCC56C)cc2c43)c(-c2ccccc2)c1. The van der Waals surface area contributed by atoms with Gasteiger partial charge in [0.15, 0.2) is 0 Å². The standard InChI is InChI=1S/C68H70BN3/c1-64(2,3)47-33-36-56(51(40-47)45-24-14-12-15-25-45)70-59-31-21-19-29-54(59)69-55-35-32-49(66(7,8)9)42-60(55)71(57-37-34-48(65(4,5)6)41-52(57)46-26-16-13-17-27-46)62-44-50(43-61(70)63(62)69)72-58-30-20-18-28-53(58)67(10)38-22-23-39-68(67,72)11/h12-21,24-37,40-44H,22-23,38-39H2,1-11H3. The number of benzene rings is 8. The summed E-state index contributed by atoms with van der Waals surface area (Å²) in [5, 5.41) is 0. The Morgan fingerprint density at radius 1 is 0.403 bits per heavy atom. The van der Waals surface area contributed by atoms with Crippen LogP contribution in [0.15, 0.2) is 176 Å². The first kappa shape index (κ1) is 46.3. The van der Waals surface area contributed by atoms with Crippen molar-refractivity contribution in [2.24, 2.45) is 0 Å². The van der Waals surface area contributed by atoms with Gasteiger partial charge in [-0.25, -0.2) is 0 Å². The topological polar surface area (TPSA) is 9.72 Å². The van der Waals surface area contributed by atoms with E-state index < -0.39 is 0 Å². The van der Waals surface area contributed by atoms with Gasteiger partial charge in [-0.1, -0.05) is 203 Å². The van der Waals surface area contributed by atoms with E-state index in [1.807, 2.05) is 0 Å². The predicted octanol–water partition coefficient (Wildman–Crippen LogP) is 16.7. The zero-order chi connectivity index (χ0) is 50.1. The van der Waals surface area contributed by atoms with Gasteiger partial charge in [-0.05, 0) is 140 Å². The van der Waals surface area contributed by atoms with Crippen LogP contribution in [-0.2, 0) is 21.7 Å². The second-order valence-electron chi connectivity index (χ2n) is 24.9. The fraction of sp³-hybridized carbons (Fsp3) is 0.294. The maximum Gasteiger partial charge on any atom is 0.252 e. The molecule has 8 aromatic carbocycles. The Morgan fingerprint density at radius 3 is 1.43 bits per heavy atom. The van der Waals surface area contributed by atoms with Gasteiger partial charge in [-0.2, -0.15) is 0 Å². The fourth-order valence-electron chi connectivity index (χ4n) is 13.2. The average molecular weight is 940 g/mol. The number of fused-ring (bicyclic) bond motifs is 7. The third-order valence-electron chi connectivity index (χ3n) is 17.5. The number of hydrogen-bond donors (Lipinski definition) is 0. The van der Waals surface area contributed by atoms with Gasteiger partial charge in [0.1, 0.15) is 0 Å². The molecule has 360 valence electrons. The van der Waals surface area contributed by atoms with E-state index in [9.17, 15) is 0 Å². The van der Waals surface area contributed by atoms with Gasteiger partial charge in [-0.15, -0.1) is 0 Å². The third-order valence-corrected chi connectivity index (χ3v) is 17.5. The van der Waals surface area contributed by atoms with E-state index in [4.69, 9.17) is 0 Å². The Labute approximate surface area is 430 Å². The molecule has 3 heterocycles. The maximum atomic E-state index is 2.80. The Balaban J connectivity index is 1.24. The van der Waals surface area contributed by atoms with Crippen LogP contribution in [0.1, 0.15) is 124 Å². The van der Waals surface area contributed by atoms with E-state index in [1.54, 1.807) is 0 Å². The van der Waals surface area contributed by atoms with Crippen molar-refractivity contribution in [2.75, 3.05) is 14.7 Å². The lowest BCUT2D eigenvalue weighted by molar-refractivity contribution is 0.195. The molecule has 0 saturated heterocycles. The summed E-state index contributed by atoms with van der Waals surface area (Å²) in [6.07, 6.45) is 4.76. The van der Waals surface area contributed by atoms with Crippen LogP contribution >= 0.6 is 0 Å². The molecule has 8 aromatic rings. The molecule has 0 aromatic heterocycles. The van der Waals surface area contributed by atoms with Crippen molar-refractivity contribution in [1.82, 2.24) is 0 Å². The van der Waals surface area contributed by atoms with Crippen molar-refractivity contribution in [2.45, 2.75) is 129 Å². The monoisotopic (exact) mass is 940 g/mol. The van der Waals surface area contributed by atoms with E-state index in [-0.39, 0.29) is 33.9 Å². The van der Waals surface area contributed by atoms with Crippen LogP contribution in [0.3, 0.4) is 0 Å². The molecule has 0 bridgehead atoms. The molecule has 4 heteroatoms. The van der Waals surface area contributed by atoms with Crippen LogP contribution in [0.2, 0.25) is 0 Å². The van der Waals surface area contributed by atoms with Crippen LogP contribution in [0, 0.1) is 0 Å². The van der Waals surface area contributed by atoms with E-state index >= 15 is 0 Å². The first-order valence-electron chi connectivity index (χ1n) is 26.7. The van der Waals surface area contributed by atoms with Crippen LogP contribution < -0.4 is 31.1 Å². The summed E-state index contributed by atoms with van der Waals surface area (Å²) in [5.74, 6) is 0. The van der Waals surface area contributed by atoms with Crippen LogP contribution in [0.5, 0.6) is 0 Å². The molecule has 12 rings (SSSR count). The molecule has 1 aliphatic carbocycles. The Morgan fingerprint density at radius 2 is 0.861 bits per heavy atom. The Bertz CT molecular complexity index is 3420. The van der Waals surface area contributed by atoms with E-state index in [1.165, 1.54) is 126 Å². The lowest BCUT2D eigenvalue weighted by Crippen LogP contribution is -2.61. The van der Waals surface area contributed by atoms with Gasteiger partial charge in [0.05, 0.1) is 16.9 Å². The van der Waals surface area contributed by atoms with Crippen LogP contribution in [-0.4, -0.2) is 12.3 Å². The summed E-state index contributed by atoms with van der Waals surface area (Å²) in [6, 6.07) is 68.1. The molecular weight excluding hydrogens is 870 g/mol. The van der Waals surface area contributed by atoms with Crippen molar-refractivity contribution in [3.63, 3.8) is 0 Å². The van der Waals surface area contributed by atoms with Gasteiger partial charge >= 0.3 is 0 Å². The third kappa shape index (κ3) is 7.06. The minimum atomic E-state index is -0.142. The number of rotatable bonds is 5. The number of para-hydroxylation sites is 2. The van der Waals surface area contributed by atoms with E-state index in [0.29, 0.717) is 0 Å². The molecule has 2 unspecified atom stereocenters. The van der Waals surface area contributed by atoms with Crippen molar-refractivity contribution < 1.29 is 0 Å². The van der Waals surface area contributed by atoms with Crippen molar-refractivity contribution in [1.29, 1.82) is 0 Å². The Hall–Kier alpha value is -6.78. The minimum Gasteiger partial charge on any atom is -0.334 e. The highest BCUT2D eigenvalue weighted by Gasteiger charge is 2.58. The van der Waals surface area contributed by atoms with Crippen LogP contribution in [0.25, 0.3) is 22.3 Å². The second-order valence-corrected chi connectivity index (χ2v) is 24.9. The number of nitrogens with zero attached hydrogens (tertiary/aromatic N) is 3. The van der Waals surface area contributed by atoms with Crippen molar-refractivity contribution in [3.8, 4) is 22.3 Å². The highest BCUT2D eigenvalue weighted by atomic mass is 15.3. The highest BCUT2D eigenvalue weighted by molar-refractivity contribution is 7.00. The lowest BCUT2D eigenvalue weighted by Gasteiger charge is -2.51. The first-order valence-corrected chi connectivity index (χ1v) is 26.7. The lowest BCUT2D eigenvalue weighted by atomic mass is 9.33. The summed E-state index contributed by atoms with van der Waals surface area (Å²) >= 11 is 0. The maximum absolute atomic E-state index is 2.80. The summed E-state index contributed by atoms with van der Waals surface area (Å²) in [7, 11) is 0. The summed E-state index contributed by atoms with van der Waals surface area (Å²) in [6.45, 7) is 26.2.